The molecule has 1 aromatic heterocycles. The Morgan fingerprint density at radius 3 is 2.72 bits per heavy atom. The fourth-order valence-corrected chi connectivity index (χ4v) is 1.69. The highest BCUT2D eigenvalue weighted by Gasteiger charge is 2.10. The number of aryl methyl sites for hydroxylation is 2. The predicted octanol–water partition coefficient (Wildman–Crippen LogP) is 3.09. The first-order valence-corrected chi connectivity index (χ1v) is 5.70. The number of nitrogens with zero attached hydrogens (tertiary/aromatic N) is 1. The number of nitrogens with two attached hydrogens (primary N) is 1. The molecule has 0 aliphatic rings. The zero-order valence-electron chi connectivity index (χ0n) is 10.4. The number of pyridine rings is 1. The number of aromatic nitrogens is 1. The zero-order valence-corrected chi connectivity index (χ0v) is 10.4. The molecule has 18 heavy (non-hydrogen) atoms. The van der Waals surface area contributed by atoms with Crippen LogP contribution in [0, 0.1) is 19.7 Å². The molecule has 0 atom stereocenters. The summed E-state index contributed by atoms with van der Waals surface area (Å²) in [6.07, 6.45) is 1.65. The lowest BCUT2D eigenvalue weighted by molar-refractivity contribution is 0.448. The van der Waals surface area contributed by atoms with E-state index in [1.54, 1.807) is 12.3 Å². The summed E-state index contributed by atoms with van der Waals surface area (Å²) in [5.74, 6) is 0.562. The standard InChI is InChI=1S/C14H15FN2O/c1-9-5-6-17-14(12(9)8-16)18-13-7-11(15)4-3-10(13)2/h3-7H,8,16H2,1-2H3. The van der Waals surface area contributed by atoms with Crippen molar-refractivity contribution in [2.75, 3.05) is 0 Å². The van der Waals surface area contributed by atoms with Crippen LogP contribution in [-0.4, -0.2) is 4.98 Å². The Kier molecular flexibility index (Phi) is 3.58. The van der Waals surface area contributed by atoms with E-state index in [0.717, 1.165) is 16.7 Å². The van der Waals surface area contributed by atoms with E-state index in [4.69, 9.17) is 10.5 Å². The smallest absolute Gasteiger partial charge is 0.223 e. The maximum Gasteiger partial charge on any atom is 0.223 e. The van der Waals surface area contributed by atoms with Crippen molar-refractivity contribution in [2.45, 2.75) is 20.4 Å². The third-order valence-electron chi connectivity index (χ3n) is 2.81. The van der Waals surface area contributed by atoms with Crippen LogP contribution in [0.2, 0.25) is 0 Å². The Labute approximate surface area is 105 Å². The van der Waals surface area contributed by atoms with Gasteiger partial charge in [0.15, 0.2) is 0 Å². The van der Waals surface area contributed by atoms with E-state index in [1.807, 2.05) is 19.9 Å². The van der Waals surface area contributed by atoms with Crippen LogP contribution in [0.5, 0.6) is 11.6 Å². The van der Waals surface area contributed by atoms with Gasteiger partial charge in [-0.25, -0.2) is 9.37 Å². The fraction of sp³-hybridized carbons (Fsp3) is 0.214. The highest BCUT2D eigenvalue weighted by molar-refractivity contribution is 5.40. The summed E-state index contributed by atoms with van der Waals surface area (Å²) >= 11 is 0. The average Bonchev–Trinajstić information content (AvgIpc) is 2.34. The van der Waals surface area contributed by atoms with Gasteiger partial charge < -0.3 is 10.5 Å². The van der Waals surface area contributed by atoms with Crippen molar-refractivity contribution in [3.63, 3.8) is 0 Å². The lowest BCUT2D eigenvalue weighted by Crippen LogP contribution is -2.04. The number of halogens is 1. The molecule has 2 aromatic rings. The fourth-order valence-electron chi connectivity index (χ4n) is 1.69. The maximum atomic E-state index is 13.2. The molecule has 94 valence electrons. The highest BCUT2D eigenvalue weighted by Crippen LogP contribution is 2.27. The molecule has 1 heterocycles. The SMILES string of the molecule is Cc1ccc(F)cc1Oc1nccc(C)c1CN. The van der Waals surface area contributed by atoms with Gasteiger partial charge in [0.05, 0.1) is 0 Å². The molecule has 1 aromatic carbocycles. The molecular weight excluding hydrogens is 231 g/mol. The van der Waals surface area contributed by atoms with E-state index in [9.17, 15) is 4.39 Å². The molecule has 0 radical (unpaired) electrons. The van der Waals surface area contributed by atoms with E-state index in [1.165, 1.54) is 12.1 Å². The Morgan fingerprint density at radius 1 is 1.22 bits per heavy atom. The minimum atomic E-state index is -0.336. The van der Waals surface area contributed by atoms with E-state index in [-0.39, 0.29) is 5.82 Å². The quantitative estimate of drug-likeness (QED) is 0.905. The molecule has 0 saturated carbocycles. The normalized spacial score (nSPS) is 10.4. The van der Waals surface area contributed by atoms with Gasteiger partial charge in [-0.15, -0.1) is 0 Å². The number of hydrogen-bond donors (Lipinski definition) is 1. The van der Waals surface area contributed by atoms with Crippen molar-refractivity contribution < 1.29 is 9.13 Å². The van der Waals surface area contributed by atoms with Gasteiger partial charge in [-0.3, -0.25) is 0 Å². The molecule has 0 aliphatic carbocycles. The van der Waals surface area contributed by atoms with Gasteiger partial charge in [-0.05, 0) is 37.1 Å². The third-order valence-corrected chi connectivity index (χ3v) is 2.81. The molecule has 0 saturated heterocycles. The first-order valence-electron chi connectivity index (χ1n) is 5.70. The second-order valence-corrected chi connectivity index (χ2v) is 4.13. The lowest BCUT2D eigenvalue weighted by Gasteiger charge is -2.12. The molecule has 0 amide bonds. The molecule has 0 bridgehead atoms. The van der Waals surface area contributed by atoms with Crippen molar-refractivity contribution in [3.8, 4) is 11.6 Å². The molecular formula is C14H15FN2O. The minimum absolute atomic E-state index is 0.336. The van der Waals surface area contributed by atoms with Crippen molar-refractivity contribution in [1.82, 2.24) is 4.98 Å². The monoisotopic (exact) mass is 246 g/mol. The van der Waals surface area contributed by atoms with Crippen LogP contribution in [0.15, 0.2) is 30.5 Å². The van der Waals surface area contributed by atoms with Gasteiger partial charge in [0, 0.05) is 24.4 Å². The summed E-state index contributed by atoms with van der Waals surface area (Å²) in [7, 11) is 0. The second-order valence-electron chi connectivity index (χ2n) is 4.13. The van der Waals surface area contributed by atoms with Gasteiger partial charge in [-0.2, -0.15) is 0 Å². The van der Waals surface area contributed by atoms with Gasteiger partial charge in [0.1, 0.15) is 11.6 Å². The summed E-state index contributed by atoms with van der Waals surface area (Å²) in [6.45, 7) is 4.13. The highest BCUT2D eigenvalue weighted by atomic mass is 19.1. The first kappa shape index (κ1) is 12.5. The Balaban J connectivity index is 2.40. The summed E-state index contributed by atoms with van der Waals surface area (Å²) in [4.78, 5) is 4.15. The van der Waals surface area contributed by atoms with Gasteiger partial charge >= 0.3 is 0 Å². The molecule has 2 N–H and O–H groups in total. The molecule has 0 unspecified atom stereocenters. The summed E-state index contributed by atoms with van der Waals surface area (Å²) in [5.41, 5.74) is 8.37. The van der Waals surface area contributed by atoms with Gasteiger partial charge in [-0.1, -0.05) is 6.07 Å². The summed E-state index contributed by atoms with van der Waals surface area (Å²) < 4.78 is 18.8. The van der Waals surface area contributed by atoms with E-state index in [2.05, 4.69) is 4.98 Å². The second kappa shape index (κ2) is 5.14. The largest absolute Gasteiger partial charge is 0.438 e. The molecule has 0 aliphatic heterocycles. The zero-order chi connectivity index (χ0) is 13.1. The Morgan fingerprint density at radius 2 is 2.00 bits per heavy atom. The van der Waals surface area contributed by atoms with Crippen LogP contribution in [0.1, 0.15) is 16.7 Å². The first-order chi connectivity index (χ1) is 8.61. The number of ether oxygens (including phenoxy) is 1. The summed E-state index contributed by atoms with van der Waals surface area (Å²) in [6, 6.07) is 6.28. The van der Waals surface area contributed by atoms with Crippen molar-refractivity contribution in [3.05, 3.63) is 53.0 Å². The summed E-state index contributed by atoms with van der Waals surface area (Å²) in [5, 5.41) is 0. The average molecular weight is 246 g/mol. The van der Waals surface area contributed by atoms with Crippen LogP contribution in [0.25, 0.3) is 0 Å². The van der Waals surface area contributed by atoms with Crippen molar-refractivity contribution >= 4 is 0 Å². The third kappa shape index (κ3) is 2.49. The predicted molar refractivity (Wildman–Crippen MR) is 68.1 cm³/mol. The molecule has 3 nitrogen and oxygen atoms in total. The topological polar surface area (TPSA) is 48.1 Å². The van der Waals surface area contributed by atoms with E-state index >= 15 is 0 Å². The molecule has 4 heteroatoms. The molecule has 0 fully saturated rings. The minimum Gasteiger partial charge on any atom is -0.438 e. The van der Waals surface area contributed by atoms with Crippen LogP contribution >= 0.6 is 0 Å². The van der Waals surface area contributed by atoms with Crippen molar-refractivity contribution in [1.29, 1.82) is 0 Å². The Bertz CT molecular complexity index is 570. The van der Waals surface area contributed by atoms with Crippen LogP contribution < -0.4 is 10.5 Å². The van der Waals surface area contributed by atoms with E-state index < -0.39 is 0 Å². The molecule has 0 spiro atoms. The lowest BCUT2D eigenvalue weighted by atomic mass is 10.1. The van der Waals surface area contributed by atoms with E-state index in [0.29, 0.717) is 18.2 Å². The Hall–Kier alpha value is -1.94. The van der Waals surface area contributed by atoms with Crippen LogP contribution in [0.4, 0.5) is 4.39 Å². The van der Waals surface area contributed by atoms with Crippen molar-refractivity contribution in [2.24, 2.45) is 5.73 Å². The maximum absolute atomic E-state index is 13.2. The number of hydrogen-bond acceptors (Lipinski definition) is 3. The number of benzene rings is 1. The number of rotatable bonds is 3. The van der Waals surface area contributed by atoms with Crippen LogP contribution in [0.3, 0.4) is 0 Å². The van der Waals surface area contributed by atoms with Gasteiger partial charge in [0.2, 0.25) is 5.88 Å². The molecule has 2 rings (SSSR count). The van der Waals surface area contributed by atoms with Crippen LogP contribution in [-0.2, 0) is 6.54 Å². The van der Waals surface area contributed by atoms with Gasteiger partial charge in [0.25, 0.3) is 0 Å².